The highest BCUT2D eigenvalue weighted by atomic mass is 19.4. The summed E-state index contributed by atoms with van der Waals surface area (Å²) < 4.78 is 44.1. The summed E-state index contributed by atoms with van der Waals surface area (Å²) in [6.45, 7) is 2.11. The van der Waals surface area contributed by atoms with Crippen LogP contribution in [-0.2, 0) is 19.8 Å². The average Bonchev–Trinajstić information content (AvgIpc) is 2.78. The van der Waals surface area contributed by atoms with Crippen molar-refractivity contribution < 1.29 is 17.9 Å². The lowest BCUT2D eigenvalue weighted by Gasteiger charge is -2.10. The molecule has 0 aliphatic carbocycles. The molecule has 4 nitrogen and oxygen atoms in total. The van der Waals surface area contributed by atoms with E-state index in [4.69, 9.17) is 4.74 Å². The molecule has 0 saturated carbocycles. The number of nitrogens with zero attached hydrogens (tertiary/aromatic N) is 2. The molecule has 1 heterocycles. The zero-order valence-electron chi connectivity index (χ0n) is 12.0. The summed E-state index contributed by atoms with van der Waals surface area (Å²) in [6, 6.07) is 6.60. The van der Waals surface area contributed by atoms with Crippen molar-refractivity contribution in [3.05, 3.63) is 41.2 Å². The molecule has 0 amide bonds. The predicted octanol–water partition coefficient (Wildman–Crippen LogP) is 3.37. The second kappa shape index (κ2) is 5.67. The molecule has 0 aliphatic rings. The van der Waals surface area contributed by atoms with Crippen LogP contribution in [0.2, 0.25) is 0 Å². The Morgan fingerprint density at radius 3 is 2.57 bits per heavy atom. The van der Waals surface area contributed by atoms with Crippen molar-refractivity contribution in [3.63, 3.8) is 0 Å². The molecular weight excluding hydrogens is 283 g/mol. The molecule has 0 fully saturated rings. The van der Waals surface area contributed by atoms with E-state index in [0.29, 0.717) is 11.4 Å². The first-order valence-electron chi connectivity index (χ1n) is 6.30. The maximum atomic E-state index is 12.7. The van der Waals surface area contributed by atoms with Crippen molar-refractivity contribution in [1.82, 2.24) is 9.78 Å². The Kier molecular flexibility index (Phi) is 4.11. The fraction of sp³-hybridized carbons (Fsp3) is 0.357. The highest BCUT2D eigenvalue weighted by molar-refractivity contribution is 5.58. The first kappa shape index (κ1) is 15.2. The number of halogens is 3. The Morgan fingerprint density at radius 2 is 2.00 bits per heavy atom. The van der Waals surface area contributed by atoms with Gasteiger partial charge in [-0.3, -0.25) is 4.68 Å². The first-order chi connectivity index (χ1) is 9.81. The van der Waals surface area contributed by atoms with E-state index in [2.05, 4.69) is 10.4 Å². The number of aromatic nitrogens is 2. The van der Waals surface area contributed by atoms with Crippen LogP contribution in [0.15, 0.2) is 24.3 Å². The number of anilines is 1. The number of hydrogen-bond acceptors (Lipinski definition) is 3. The van der Waals surface area contributed by atoms with Gasteiger partial charge in [0.15, 0.2) is 0 Å². The summed E-state index contributed by atoms with van der Waals surface area (Å²) in [5, 5.41) is 6.91. The fourth-order valence-electron chi connectivity index (χ4n) is 2.02. The van der Waals surface area contributed by atoms with Crippen LogP contribution in [0.25, 0.3) is 0 Å². The summed E-state index contributed by atoms with van der Waals surface area (Å²) in [4.78, 5) is 0. The topological polar surface area (TPSA) is 39.1 Å². The molecule has 0 unspecified atom stereocenters. The van der Waals surface area contributed by atoms with Crippen LogP contribution >= 0.6 is 0 Å². The van der Waals surface area contributed by atoms with Crippen LogP contribution in [0.3, 0.4) is 0 Å². The van der Waals surface area contributed by atoms with E-state index in [1.807, 2.05) is 19.1 Å². The average molecular weight is 299 g/mol. The zero-order chi connectivity index (χ0) is 15.6. The smallest absolute Gasteiger partial charge is 0.433 e. The number of ether oxygens (including phenoxy) is 1. The zero-order valence-corrected chi connectivity index (χ0v) is 12.0. The molecule has 0 aliphatic heterocycles. The number of alkyl halides is 3. The van der Waals surface area contributed by atoms with Crippen molar-refractivity contribution >= 4 is 5.69 Å². The molecule has 0 spiro atoms. The van der Waals surface area contributed by atoms with Crippen LogP contribution in [0.5, 0.6) is 5.75 Å². The number of hydrogen-bond donors (Lipinski definition) is 1. The third-order valence-electron chi connectivity index (χ3n) is 3.04. The second-order valence-electron chi connectivity index (χ2n) is 4.70. The van der Waals surface area contributed by atoms with Crippen molar-refractivity contribution in [2.75, 3.05) is 12.4 Å². The number of rotatable bonds is 4. The van der Waals surface area contributed by atoms with Crippen LogP contribution in [0.1, 0.15) is 17.0 Å². The van der Waals surface area contributed by atoms with Crippen LogP contribution in [-0.4, -0.2) is 16.9 Å². The molecule has 7 heteroatoms. The van der Waals surface area contributed by atoms with Gasteiger partial charge in [-0.05, 0) is 30.7 Å². The van der Waals surface area contributed by atoms with Crippen LogP contribution in [0, 0.1) is 6.92 Å². The Hall–Kier alpha value is -2.18. The quantitative estimate of drug-likeness (QED) is 0.941. The largest absolute Gasteiger partial charge is 0.495 e. The normalized spacial score (nSPS) is 11.5. The Morgan fingerprint density at radius 1 is 1.29 bits per heavy atom. The molecular formula is C14H16F3N3O. The lowest BCUT2D eigenvalue weighted by molar-refractivity contribution is -0.143. The standard InChI is InChI=1S/C14H16F3N3O/c1-9-4-5-12(21-3)11(6-9)18-8-10-7-13(14(15,16)17)20(2)19-10/h4-7,18H,8H2,1-3H3. The molecule has 114 valence electrons. The third-order valence-corrected chi connectivity index (χ3v) is 3.04. The van der Waals surface area contributed by atoms with Gasteiger partial charge in [-0.1, -0.05) is 6.07 Å². The summed E-state index contributed by atoms with van der Waals surface area (Å²) >= 11 is 0. The van der Waals surface area contributed by atoms with Crippen molar-refractivity contribution in [3.8, 4) is 5.75 Å². The first-order valence-corrected chi connectivity index (χ1v) is 6.30. The van der Waals surface area contributed by atoms with Gasteiger partial charge < -0.3 is 10.1 Å². The van der Waals surface area contributed by atoms with Gasteiger partial charge in [0, 0.05) is 7.05 Å². The van der Waals surface area contributed by atoms with Gasteiger partial charge in [0.2, 0.25) is 0 Å². The molecule has 0 atom stereocenters. The SMILES string of the molecule is COc1ccc(C)cc1NCc1cc(C(F)(F)F)n(C)n1. The Balaban J connectivity index is 2.16. The van der Waals surface area contributed by atoms with E-state index in [0.717, 1.165) is 22.0 Å². The number of nitrogens with one attached hydrogen (secondary N) is 1. The van der Waals surface area contributed by atoms with E-state index in [1.54, 1.807) is 13.2 Å². The second-order valence-corrected chi connectivity index (χ2v) is 4.70. The third kappa shape index (κ3) is 3.48. The number of aryl methyl sites for hydroxylation is 2. The number of benzene rings is 1. The van der Waals surface area contributed by atoms with Gasteiger partial charge >= 0.3 is 6.18 Å². The molecule has 1 aromatic carbocycles. The molecule has 1 aromatic heterocycles. The molecule has 2 aromatic rings. The lowest BCUT2D eigenvalue weighted by Crippen LogP contribution is -2.11. The van der Waals surface area contributed by atoms with Crippen molar-refractivity contribution in [1.29, 1.82) is 0 Å². The maximum absolute atomic E-state index is 12.7. The van der Waals surface area contributed by atoms with E-state index >= 15 is 0 Å². The Bertz CT molecular complexity index is 635. The van der Waals surface area contributed by atoms with Gasteiger partial charge in [-0.2, -0.15) is 18.3 Å². The molecule has 0 radical (unpaired) electrons. The minimum atomic E-state index is -4.40. The van der Waals surface area contributed by atoms with Gasteiger partial charge in [-0.25, -0.2) is 0 Å². The predicted molar refractivity (Wildman–Crippen MR) is 73.3 cm³/mol. The van der Waals surface area contributed by atoms with Gasteiger partial charge in [0.05, 0.1) is 25.0 Å². The minimum Gasteiger partial charge on any atom is -0.495 e. The summed E-state index contributed by atoms with van der Waals surface area (Å²) in [7, 11) is 2.82. The van der Waals surface area contributed by atoms with Crippen LogP contribution < -0.4 is 10.1 Å². The highest BCUT2D eigenvalue weighted by Crippen LogP contribution is 2.30. The van der Waals surface area contributed by atoms with E-state index in [-0.39, 0.29) is 6.54 Å². The molecule has 1 N–H and O–H groups in total. The molecule has 2 rings (SSSR count). The fourth-order valence-corrected chi connectivity index (χ4v) is 2.02. The van der Waals surface area contributed by atoms with E-state index in [1.165, 1.54) is 7.05 Å². The van der Waals surface area contributed by atoms with Gasteiger partial charge in [-0.15, -0.1) is 0 Å². The minimum absolute atomic E-state index is 0.184. The van der Waals surface area contributed by atoms with Crippen LogP contribution in [0.4, 0.5) is 18.9 Å². The van der Waals surface area contributed by atoms with Gasteiger partial charge in [0.25, 0.3) is 0 Å². The highest BCUT2D eigenvalue weighted by Gasteiger charge is 2.34. The molecule has 0 saturated heterocycles. The van der Waals surface area contributed by atoms with Crippen molar-refractivity contribution in [2.24, 2.45) is 7.05 Å². The van der Waals surface area contributed by atoms with E-state index in [9.17, 15) is 13.2 Å². The number of methoxy groups -OCH3 is 1. The lowest BCUT2D eigenvalue weighted by atomic mass is 10.2. The van der Waals surface area contributed by atoms with Gasteiger partial charge in [0.1, 0.15) is 11.4 Å². The summed E-state index contributed by atoms with van der Waals surface area (Å²) in [5.74, 6) is 0.632. The summed E-state index contributed by atoms with van der Waals surface area (Å²) in [5.41, 5.74) is 1.29. The molecule has 21 heavy (non-hydrogen) atoms. The summed E-state index contributed by atoms with van der Waals surface area (Å²) in [6.07, 6.45) is -4.40. The Labute approximate surface area is 120 Å². The maximum Gasteiger partial charge on any atom is 0.433 e. The molecule has 0 bridgehead atoms. The van der Waals surface area contributed by atoms with Crippen molar-refractivity contribution in [2.45, 2.75) is 19.6 Å². The monoisotopic (exact) mass is 299 g/mol. The van der Waals surface area contributed by atoms with E-state index < -0.39 is 11.9 Å².